The van der Waals surface area contributed by atoms with Gasteiger partial charge in [0.25, 0.3) is 5.91 Å². The van der Waals surface area contributed by atoms with Gasteiger partial charge >= 0.3 is 0 Å². The lowest BCUT2D eigenvalue weighted by atomic mass is 10.2. The van der Waals surface area contributed by atoms with Crippen LogP contribution < -0.4 is 5.32 Å². The van der Waals surface area contributed by atoms with Crippen molar-refractivity contribution in [2.45, 2.75) is 19.0 Å². The van der Waals surface area contributed by atoms with Gasteiger partial charge < -0.3 is 9.73 Å². The zero-order valence-corrected chi connectivity index (χ0v) is 15.2. The molecule has 4 rings (SSSR count). The Labute approximate surface area is 156 Å². The molecule has 140 valence electrons. The summed E-state index contributed by atoms with van der Waals surface area (Å²) < 4.78 is 30.8. The molecule has 27 heavy (non-hydrogen) atoms. The Morgan fingerprint density at radius 2 is 2.19 bits per heavy atom. The number of nitrogens with one attached hydrogen (secondary N) is 1. The summed E-state index contributed by atoms with van der Waals surface area (Å²) in [7, 11) is -3.09. The van der Waals surface area contributed by atoms with Crippen LogP contribution in [0.1, 0.15) is 28.6 Å². The highest BCUT2D eigenvalue weighted by molar-refractivity contribution is 7.91. The highest BCUT2D eigenvalue weighted by Crippen LogP contribution is 2.30. The second-order valence-electron chi connectivity index (χ2n) is 6.40. The molecule has 3 aromatic heterocycles. The van der Waals surface area contributed by atoms with Gasteiger partial charge in [0.2, 0.25) is 0 Å². The molecule has 1 fully saturated rings. The summed E-state index contributed by atoms with van der Waals surface area (Å²) in [4.78, 5) is 16.7. The maximum absolute atomic E-state index is 12.5. The van der Waals surface area contributed by atoms with Gasteiger partial charge in [0.1, 0.15) is 5.69 Å². The van der Waals surface area contributed by atoms with Gasteiger partial charge in [0.15, 0.2) is 21.3 Å². The quantitative estimate of drug-likeness (QED) is 0.717. The number of amides is 1. The number of hydrogen-bond donors (Lipinski definition) is 1. The van der Waals surface area contributed by atoms with E-state index in [1.807, 2.05) is 12.1 Å². The Hall–Kier alpha value is -2.94. The molecule has 1 aliphatic rings. The second-order valence-corrected chi connectivity index (χ2v) is 8.63. The first-order valence-electron chi connectivity index (χ1n) is 8.54. The minimum atomic E-state index is -3.09. The van der Waals surface area contributed by atoms with E-state index in [0.717, 1.165) is 5.69 Å². The molecule has 1 unspecified atom stereocenters. The summed E-state index contributed by atoms with van der Waals surface area (Å²) in [6, 6.07) is 10.3. The topological polar surface area (TPSA) is 107 Å². The molecule has 1 N–H and O–H groups in total. The Morgan fingerprint density at radius 3 is 2.85 bits per heavy atom. The van der Waals surface area contributed by atoms with Crippen molar-refractivity contribution in [3.8, 4) is 11.5 Å². The SMILES string of the molecule is O=C(NCc1ccccn1)c1cc(-c2ccco2)n(C2CCS(=O)(=O)C2)n1. The van der Waals surface area contributed by atoms with Crippen LogP contribution in [0.4, 0.5) is 0 Å². The Bertz CT molecular complexity index is 1040. The highest BCUT2D eigenvalue weighted by atomic mass is 32.2. The molecule has 0 aliphatic carbocycles. The Morgan fingerprint density at radius 1 is 1.30 bits per heavy atom. The third kappa shape index (κ3) is 3.77. The maximum atomic E-state index is 12.5. The van der Waals surface area contributed by atoms with Gasteiger partial charge in [-0.1, -0.05) is 6.07 Å². The van der Waals surface area contributed by atoms with Crippen molar-refractivity contribution in [2.75, 3.05) is 11.5 Å². The van der Waals surface area contributed by atoms with E-state index in [-0.39, 0.29) is 35.7 Å². The molecule has 0 saturated carbocycles. The van der Waals surface area contributed by atoms with E-state index in [4.69, 9.17) is 4.42 Å². The van der Waals surface area contributed by atoms with Crippen molar-refractivity contribution in [3.05, 3.63) is 60.2 Å². The summed E-state index contributed by atoms with van der Waals surface area (Å²) in [6.07, 6.45) is 3.65. The lowest BCUT2D eigenvalue weighted by Gasteiger charge is -2.11. The van der Waals surface area contributed by atoms with Crippen LogP contribution in [0, 0.1) is 0 Å². The molecule has 1 aliphatic heterocycles. The van der Waals surface area contributed by atoms with E-state index < -0.39 is 9.84 Å². The van der Waals surface area contributed by atoms with Gasteiger partial charge in [-0.25, -0.2) is 8.42 Å². The molecule has 9 heteroatoms. The predicted molar refractivity (Wildman–Crippen MR) is 97.6 cm³/mol. The van der Waals surface area contributed by atoms with Gasteiger partial charge in [0.05, 0.1) is 36.0 Å². The van der Waals surface area contributed by atoms with Crippen LogP contribution in [0.5, 0.6) is 0 Å². The standard InChI is InChI=1S/C18H18N4O4S/c23-18(20-11-13-4-1-2-7-19-13)15-10-16(17-5-3-8-26-17)22(21-15)14-6-9-27(24,25)12-14/h1-5,7-8,10,14H,6,9,11-12H2,(H,20,23). The first-order chi connectivity index (χ1) is 13.0. The second kappa shape index (κ2) is 6.99. The number of carbonyl (C=O) groups is 1. The maximum Gasteiger partial charge on any atom is 0.272 e. The Balaban J connectivity index is 1.60. The normalized spacial score (nSPS) is 18.4. The molecular formula is C18H18N4O4S. The van der Waals surface area contributed by atoms with Crippen LogP contribution >= 0.6 is 0 Å². The third-order valence-electron chi connectivity index (χ3n) is 4.45. The van der Waals surface area contributed by atoms with Gasteiger partial charge in [-0.05, 0) is 30.7 Å². The minimum Gasteiger partial charge on any atom is -0.463 e. The molecule has 1 saturated heterocycles. The van der Waals surface area contributed by atoms with E-state index in [9.17, 15) is 13.2 Å². The molecule has 0 spiro atoms. The number of aromatic nitrogens is 3. The summed E-state index contributed by atoms with van der Waals surface area (Å²) >= 11 is 0. The third-order valence-corrected chi connectivity index (χ3v) is 6.20. The number of rotatable bonds is 5. The molecule has 0 bridgehead atoms. The van der Waals surface area contributed by atoms with E-state index >= 15 is 0 Å². The number of sulfone groups is 1. The first-order valence-corrected chi connectivity index (χ1v) is 10.4. The zero-order valence-electron chi connectivity index (χ0n) is 14.4. The van der Waals surface area contributed by atoms with Crippen molar-refractivity contribution >= 4 is 15.7 Å². The lowest BCUT2D eigenvalue weighted by molar-refractivity contribution is 0.0944. The lowest BCUT2D eigenvalue weighted by Crippen LogP contribution is -2.24. The molecule has 1 amide bonds. The van der Waals surface area contributed by atoms with Crippen molar-refractivity contribution in [1.82, 2.24) is 20.1 Å². The Kier molecular flexibility index (Phi) is 4.53. The summed E-state index contributed by atoms with van der Waals surface area (Å²) in [6.45, 7) is 0.278. The number of carbonyl (C=O) groups excluding carboxylic acids is 1. The largest absolute Gasteiger partial charge is 0.463 e. The summed E-state index contributed by atoms with van der Waals surface area (Å²) in [5.74, 6) is 0.317. The van der Waals surface area contributed by atoms with E-state index in [0.29, 0.717) is 17.9 Å². The van der Waals surface area contributed by atoms with Crippen LogP contribution in [0.3, 0.4) is 0 Å². The van der Waals surface area contributed by atoms with Gasteiger partial charge in [-0.2, -0.15) is 5.10 Å². The number of hydrogen-bond acceptors (Lipinski definition) is 6. The number of furan rings is 1. The van der Waals surface area contributed by atoms with E-state index in [1.54, 1.807) is 35.1 Å². The molecule has 0 aromatic carbocycles. The van der Waals surface area contributed by atoms with Crippen molar-refractivity contribution in [3.63, 3.8) is 0 Å². The van der Waals surface area contributed by atoms with Gasteiger partial charge in [-0.3, -0.25) is 14.5 Å². The molecule has 8 nitrogen and oxygen atoms in total. The highest BCUT2D eigenvalue weighted by Gasteiger charge is 2.32. The summed E-state index contributed by atoms with van der Waals surface area (Å²) in [5, 5.41) is 7.17. The predicted octanol–water partition coefficient (Wildman–Crippen LogP) is 1.83. The average Bonchev–Trinajstić information content (AvgIpc) is 3.39. The van der Waals surface area contributed by atoms with E-state index in [1.165, 1.54) is 6.26 Å². The fourth-order valence-electron chi connectivity index (χ4n) is 3.12. The summed E-state index contributed by atoms with van der Waals surface area (Å²) in [5.41, 5.74) is 1.53. The van der Waals surface area contributed by atoms with Crippen LogP contribution in [0.2, 0.25) is 0 Å². The fraction of sp³-hybridized carbons (Fsp3) is 0.278. The van der Waals surface area contributed by atoms with Crippen LogP contribution in [-0.4, -0.2) is 40.6 Å². The monoisotopic (exact) mass is 386 g/mol. The van der Waals surface area contributed by atoms with Gasteiger partial charge in [-0.15, -0.1) is 0 Å². The minimum absolute atomic E-state index is 0.0113. The fourth-order valence-corrected chi connectivity index (χ4v) is 4.82. The zero-order chi connectivity index (χ0) is 18.9. The smallest absolute Gasteiger partial charge is 0.272 e. The number of nitrogens with zero attached hydrogens (tertiary/aromatic N) is 3. The first kappa shape index (κ1) is 17.5. The average molecular weight is 386 g/mol. The van der Waals surface area contributed by atoms with Gasteiger partial charge in [0, 0.05) is 12.3 Å². The number of pyridine rings is 1. The van der Waals surface area contributed by atoms with Crippen LogP contribution in [0.25, 0.3) is 11.5 Å². The molecule has 3 aromatic rings. The van der Waals surface area contributed by atoms with Crippen molar-refractivity contribution in [1.29, 1.82) is 0 Å². The van der Waals surface area contributed by atoms with Crippen molar-refractivity contribution < 1.29 is 17.6 Å². The molecule has 0 radical (unpaired) electrons. The van der Waals surface area contributed by atoms with Crippen LogP contribution in [-0.2, 0) is 16.4 Å². The molecule has 1 atom stereocenters. The molecule has 4 heterocycles. The van der Waals surface area contributed by atoms with Crippen molar-refractivity contribution in [2.24, 2.45) is 0 Å². The van der Waals surface area contributed by atoms with Crippen LogP contribution in [0.15, 0.2) is 53.3 Å². The van der Waals surface area contributed by atoms with E-state index in [2.05, 4.69) is 15.4 Å². The molecular weight excluding hydrogens is 368 g/mol.